The molecule has 0 aromatic carbocycles. The third-order valence-corrected chi connectivity index (χ3v) is 6.50. The zero-order chi connectivity index (χ0) is 17.0. The molecule has 3 saturated heterocycles. The molecule has 1 aliphatic carbocycles. The average Bonchev–Trinajstić information content (AvgIpc) is 2.97. The van der Waals surface area contributed by atoms with Crippen molar-refractivity contribution in [3.05, 3.63) is 18.7 Å². The third kappa shape index (κ3) is 2.28. The molecule has 1 aromatic rings. The van der Waals surface area contributed by atoms with Crippen LogP contribution in [0.2, 0.25) is 0 Å². The van der Waals surface area contributed by atoms with Gasteiger partial charge in [0.2, 0.25) is 11.8 Å². The molecule has 7 heteroatoms. The lowest BCUT2D eigenvalue weighted by Gasteiger charge is -2.39. The Hall–Kier alpha value is -2.02. The van der Waals surface area contributed by atoms with Crippen molar-refractivity contribution < 1.29 is 14.3 Å². The van der Waals surface area contributed by atoms with Gasteiger partial charge in [-0.15, -0.1) is 0 Å². The van der Waals surface area contributed by atoms with E-state index in [9.17, 15) is 9.59 Å². The molecule has 2 unspecified atom stereocenters. The number of aromatic nitrogens is 2. The van der Waals surface area contributed by atoms with Gasteiger partial charge in [0.05, 0.1) is 36.7 Å². The van der Waals surface area contributed by atoms with Crippen molar-refractivity contribution in [2.24, 2.45) is 23.2 Å². The number of anilines is 1. The Kier molecular flexibility index (Phi) is 3.35. The van der Waals surface area contributed by atoms with Crippen molar-refractivity contribution >= 4 is 17.5 Å². The van der Waals surface area contributed by atoms with E-state index >= 15 is 0 Å². The van der Waals surface area contributed by atoms with Crippen LogP contribution in [0.15, 0.2) is 18.7 Å². The molecule has 4 atom stereocenters. The van der Waals surface area contributed by atoms with Gasteiger partial charge in [0.25, 0.3) is 0 Å². The zero-order valence-corrected chi connectivity index (χ0v) is 14.1. The van der Waals surface area contributed by atoms with Gasteiger partial charge in [-0.3, -0.25) is 9.59 Å². The quantitative estimate of drug-likeness (QED) is 0.791. The highest BCUT2D eigenvalue weighted by Gasteiger charge is 2.60. The Morgan fingerprint density at radius 1 is 1.16 bits per heavy atom. The maximum Gasteiger partial charge on any atom is 0.235 e. The number of piperidine rings is 1. The molecule has 7 nitrogen and oxygen atoms in total. The predicted molar refractivity (Wildman–Crippen MR) is 88.5 cm³/mol. The molecule has 1 saturated carbocycles. The van der Waals surface area contributed by atoms with Gasteiger partial charge in [-0.1, -0.05) is 0 Å². The second-order valence-corrected chi connectivity index (χ2v) is 7.84. The van der Waals surface area contributed by atoms with Crippen molar-refractivity contribution in [3.63, 3.8) is 0 Å². The molecule has 4 fully saturated rings. The van der Waals surface area contributed by atoms with Crippen molar-refractivity contribution in [2.45, 2.75) is 19.3 Å². The van der Waals surface area contributed by atoms with Gasteiger partial charge >= 0.3 is 0 Å². The van der Waals surface area contributed by atoms with Crippen LogP contribution < -0.4 is 4.90 Å². The zero-order valence-electron chi connectivity index (χ0n) is 14.1. The highest BCUT2D eigenvalue weighted by Crippen LogP contribution is 2.52. The standard InChI is InChI=1S/C18H22N4O3/c23-16(15-13-8-25-9-14(13)15)21-4-1-2-18(10-21)3-5-22(17(18)24)12-6-19-11-20-7-12/h6-7,11,13-15H,1-5,8-10H2/t13-,14+,15?,18?. The molecule has 0 radical (unpaired) electrons. The van der Waals surface area contributed by atoms with Gasteiger partial charge in [0.15, 0.2) is 0 Å². The molecule has 4 heterocycles. The molecule has 0 N–H and O–H groups in total. The van der Waals surface area contributed by atoms with Gasteiger partial charge in [-0.2, -0.15) is 0 Å². The van der Waals surface area contributed by atoms with Gasteiger partial charge in [-0.25, -0.2) is 9.97 Å². The van der Waals surface area contributed by atoms with Crippen LogP contribution in [0.5, 0.6) is 0 Å². The number of amides is 2. The molecular formula is C18H22N4O3. The normalized spacial score (nSPS) is 36.8. The van der Waals surface area contributed by atoms with E-state index in [-0.39, 0.29) is 17.7 Å². The van der Waals surface area contributed by atoms with Crippen LogP contribution in [0.4, 0.5) is 5.69 Å². The van der Waals surface area contributed by atoms with E-state index in [1.165, 1.54) is 6.33 Å². The number of rotatable bonds is 2. The number of likely N-dealkylation sites (tertiary alicyclic amines) is 1. The summed E-state index contributed by atoms with van der Waals surface area (Å²) in [5, 5.41) is 0. The average molecular weight is 342 g/mol. The first-order chi connectivity index (χ1) is 12.2. The van der Waals surface area contributed by atoms with E-state index < -0.39 is 5.41 Å². The Morgan fingerprint density at radius 3 is 2.68 bits per heavy atom. The fourth-order valence-electron chi connectivity index (χ4n) is 5.01. The topological polar surface area (TPSA) is 75.6 Å². The van der Waals surface area contributed by atoms with Crippen LogP contribution in [0, 0.1) is 23.2 Å². The molecular weight excluding hydrogens is 320 g/mol. The maximum atomic E-state index is 13.1. The summed E-state index contributed by atoms with van der Waals surface area (Å²) < 4.78 is 5.40. The molecule has 0 bridgehead atoms. The number of carbonyl (C=O) groups is 2. The number of fused-ring (bicyclic) bond motifs is 1. The van der Waals surface area contributed by atoms with Gasteiger partial charge in [0, 0.05) is 25.6 Å². The van der Waals surface area contributed by atoms with Crippen LogP contribution >= 0.6 is 0 Å². The monoisotopic (exact) mass is 342 g/mol. The lowest BCUT2D eigenvalue weighted by Crippen LogP contribution is -2.50. The minimum Gasteiger partial charge on any atom is -0.381 e. The van der Waals surface area contributed by atoms with Crippen LogP contribution in [0.25, 0.3) is 0 Å². The van der Waals surface area contributed by atoms with Crippen molar-refractivity contribution in [3.8, 4) is 0 Å². The highest BCUT2D eigenvalue weighted by molar-refractivity contribution is 6.00. The van der Waals surface area contributed by atoms with E-state index in [0.29, 0.717) is 24.9 Å². The van der Waals surface area contributed by atoms with Gasteiger partial charge in [-0.05, 0) is 31.1 Å². The Balaban J connectivity index is 1.32. The second-order valence-electron chi connectivity index (χ2n) is 7.84. The number of hydrogen-bond acceptors (Lipinski definition) is 5. The van der Waals surface area contributed by atoms with Gasteiger partial charge in [0.1, 0.15) is 6.33 Å². The molecule has 1 aromatic heterocycles. The van der Waals surface area contributed by atoms with Crippen molar-refractivity contribution in [2.75, 3.05) is 37.7 Å². The fourth-order valence-corrected chi connectivity index (χ4v) is 5.01. The van der Waals surface area contributed by atoms with E-state index in [1.54, 1.807) is 17.3 Å². The summed E-state index contributed by atoms with van der Waals surface area (Å²) in [6.45, 7) is 3.46. The largest absolute Gasteiger partial charge is 0.381 e. The van der Waals surface area contributed by atoms with Crippen LogP contribution in [0.3, 0.4) is 0 Å². The van der Waals surface area contributed by atoms with Crippen LogP contribution in [0.1, 0.15) is 19.3 Å². The number of ether oxygens (including phenoxy) is 1. The summed E-state index contributed by atoms with van der Waals surface area (Å²) in [5.41, 5.74) is 0.325. The summed E-state index contributed by atoms with van der Waals surface area (Å²) in [5.74, 6) is 1.34. The Morgan fingerprint density at radius 2 is 1.92 bits per heavy atom. The third-order valence-electron chi connectivity index (χ3n) is 6.50. The van der Waals surface area contributed by atoms with E-state index in [0.717, 1.165) is 44.7 Å². The first-order valence-electron chi connectivity index (χ1n) is 9.13. The Bertz CT molecular complexity index is 702. The van der Waals surface area contributed by atoms with E-state index in [4.69, 9.17) is 4.74 Å². The van der Waals surface area contributed by atoms with Gasteiger partial charge < -0.3 is 14.5 Å². The molecule has 1 spiro atoms. The summed E-state index contributed by atoms with van der Waals surface area (Å²) in [7, 11) is 0. The molecule has 4 aliphatic rings. The van der Waals surface area contributed by atoms with E-state index in [1.807, 2.05) is 4.90 Å². The highest BCUT2D eigenvalue weighted by atomic mass is 16.5. The summed E-state index contributed by atoms with van der Waals surface area (Å²) in [6.07, 6.45) is 7.39. The summed E-state index contributed by atoms with van der Waals surface area (Å²) >= 11 is 0. The van der Waals surface area contributed by atoms with E-state index in [2.05, 4.69) is 9.97 Å². The predicted octanol–water partition coefficient (Wildman–Crippen LogP) is 0.714. The Labute approximate surface area is 146 Å². The molecule has 25 heavy (non-hydrogen) atoms. The summed E-state index contributed by atoms with van der Waals surface area (Å²) in [6, 6.07) is 0. The number of hydrogen-bond donors (Lipinski definition) is 0. The lowest BCUT2D eigenvalue weighted by molar-refractivity contribution is -0.140. The van der Waals surface area contributed by atoms with Crippen molar-refractivity contribution in [1.82, 2.24) is 14.9 Å². The van der Waals surface area contributed by atoms with Crippen molar-refractivity contribution in [1.29, 1.82) is 0 Å². The summed E-state index contributed by atoms with van der Waals surface area (Å²) in [4.78, 5) is 37.8. The molecule has 2 amide bonds. The molecule has 5 rings (SSSR count). The molecule has 3 aliphatic heterocycles. The van der Waals surface area contributed by atoms with Crippen LogP contribution in [-0.2, 0) is 14.3 Å². The molecule has 132 valence electrons. The second kappa shape index (κ2) is 5.49. The lowest BCUT2D eigenvalue weighted by atomic mass is 9.78. The fraction of sp³-hybridized carbons (Fsp3) is 0.667. The first-order valence-corrected chi connectivity index (χ1v) is 9.13. The SMILES string of the molecule is O=C(C1[C@H]2COC[C@@H]12)N1CCCC2(CCN(c3cncnc3)C2=O)C1. The first kappa shape index (κ1) is 15.3. The minimum atomic E-state index is -0.426. The maximum absolute atomic E-state index is 13.1. The number of nitrogens with zero attached hydrogens (tertiary/aromatic N) is 4. The van der Waals surface area contributed by atoms with Crippen LogP contribution in [-0.4, -0.2) is 59.5 Å². The minimum absolute atomic E-state index is 0.124. The smallest absolute Gasteiger partial charge is 0.235 e. The number of carbonyl (C=O) groups excluding carboxylic acids is 2.